The van der Waals surface area contributed by atoms with Crippen molar-refractivity contribution in [1.29, 1.82) is 0 Å². The van der Waals surface area contributed by atoms with Gasteiger partial charge in [-0.2, -0.15) is 0 Å². The first-order chi connectivity index (χ1) is 10.1. The molecule has 1 amide bonds. The molecule has 1 saturated heterocycles. The number of nitrogens with zero attached hydrogens (tertiary/aromatic N) is 1. The number of rotatable bonds is 4. The van der Waals surface area contributed by atoms with Crippen molar-refractivity contribution >= 4 is 11.5 Å². The molecule has 0 aromatic heterocycles. The van der Waals surface area contributed by atoms with Crippen molar-refractivity contribution in [3.63, 3.8) is 0 Å². The molecule has 21 heavy (non-hydrogen) atoms. The van der Waals surface area contributed by atoms with E-state index in [1.165, 1.54) is 6.07 Å². The largest absolute Gasteiger partial charge is 0.339 e. The fourth-order valence-corrected chi connectivity index (χ4v) is 2.86. The van der Waals surface area contributed by atoms with Crippen LogP contribution in [0.15, 0.2) is 30.3 Å². The van der Waals surface area contributed by atoms with Crippen LogP contribution >= 0.6 is 0 Å². The van der Waals surface area contributed by atoms with Crippen LogP contribution in [0.5, 0.6) is 0 Å². The minimum atomic E-state index is -0.286. The highest BCUT2D eigenvalue weighted by Gasteiger charge is 2.22. The smallest absolute Gasteiger partial charge is 0.246 e. The number of benzene rings is 1. The third-order valence-electron chi connectivity index (χ3n) is 3.96. The van der Waals surface area contributed by atoms with Gasteiger partial charge in [-0.05, 0) is 50.9 Å². The maximum Gasteiger partial charge on any atom is 0.246 e. The van der Waals surface area contributed by atoms with Gasteiger partial charge in [0.1, 0.15) is 5.82 Å². The van der Waals surface area contributed by atoms with Crippen LogP contribution in [-0.2, 0) is 4.79 Å². The standard InChI is InChI=1S/C17H23FN2O/c1-13(15-7-3-4-8-16(15)18)10-17(21)20-9-5-6-14(12-20)11-19-2/h3-4,7-8,10,14,19H,5-6,9,11-12H2,1-2H3/b13-10-. The summed E-state index contributed by atoms with van der Waals surface area (Å²) in [7, 11) is 1.93. The average Bonchev–Trinajstić information content (AvgIpc) is 2.48. The Labute approximate surface area is 125 Å². The number of halogens is 1. The number of carbonyl (C=O) groups excluding carboxylic acids is 1. The monoisotopic (exact) mass is 290 g/mol. The summed E-state index contributed by atoms with van der Waals surface area (Å²) in [5.74, 6) is 0.206. The van der Waals surface area contributed by atoms with E-state index in [1.807, 2.05) is 11.9 Å². The average molecular weight is 290 g/mol. The van der Waals surface area contributed by atoms with Crippen LogP contribution < -0.4 is 5.32 Å². The predicted molar refractivity (Wildman–Crippen MR) is 83.3 cm³/mol. The van der Waals surface area contributed by atoms with Gasteiger partial charge in [0, 0.05) is 24.7 Å². The third-order valence-corrected chi connectivity index (χ3v) is 3.96. The molecule has 1 atom stereocenters. The van der Waals surface area contributed by atoms with Crippen molar-refractivity contribution in [3.8, 4) is 0 Å². The van der Waals surface area contributed by atoms with Gasteiger partial charge in [0.05, 0.1) is 0 Å². The van der Waals surface area contributed by atoms with Crippen molar-refractivity contribution in [2.24, 2.45) is 5.92 Å². The summed E-state index contributed by atoms with van der Waals surface area (Å²) in [5, 5.41) is 3.17. The Hall–Kier alpha value is -1.68. The van der Waals surface area contributed by atoms with E-state index in [1.54, 1.807) is 31.2 Å². The summed E-state index contributed by atoms with van der Waals surface area (Å²) >= 11 is 0. The summed E-state index contributed by atoms with van der Waals surface area (Å²) in [6, 6.07) is 6.56. The van der Waals surface area contributed by atoms with E-state index in [0.29, 0.717) is 17.1 Å². The lowest BCUT2D eigenvalue weighted by Gasteiger charge is -2.32. The second-order valence-electron chi connectivity index (χ2n) is 5.66. The summed E-state index contributed by atoms with van der Waals surface area (Å²) in [6.07, 6.45) is 3.74. The molecule has 0 aliphatic carbocycles. The lowest BCUT2D eigenvalue weighted by molar-refractivity contribution is -0.127. The summed E-state index contributed by atoms with van der Waals surface area (Å²) < 4.78 is 13.7. The lowest BCUT2D eigenvalue weighted by Crippen LogP contribution is -2.41. The second kappa shape index (κ2) is 7.36. The van der Waals surface area contributed by atoms with Gasteiger partial charge in [-0.25, -0.2) is 4.39 Å². The van der Waals surface area contributed by atoms with E-state index in [4.69, 9.17) is 0 Å². The van der Waals surface area contributed by atoms with Crippen molar-refractivity contribution < 1.29 is 9.18 Å². The van der Waals surface area contributed by atoms with E-state index < -0.39 is 0 Å². The zero-order valence-corrected chi connectivity index (χ0v) is 12.7. The maximum atomic E-state index is 13.7. The van der Waals surface area contributed by atoms with Crippen LogP contribution in [0.3, 0.4) is 0 Å². The first-order valence-corrected chi connectivity index (χ1v) is 7.48. The fourth-order valence-electron chi connectivity index (χ4n) is 2.86. The topological polar surface area (TPSA) is 32.3 Å². The quantitative estimate of drug-likeness (QED) is 0.865. The van der Waals surface area contributed by atoms with E-state index in [9.17, 15) is 9.18 Å². The third kappa shape index (κ3) is 4.14. The number of amides is 1. The zero-order chi connectivity index (χ0) is 15.2. The van der Waals surface area contributed by atoms with E-state index in [2.05, 4.69) is 5.32 Å². The van der Waals surface area contributed by atoms with Crippen LogP contribution in [0, 0.1) is 11.7 Å². The van der Waals surface area contributed by atoms with Gasteiger partial charge < -0.3 is 10.2 Å². The molecule has 1 aliphatic rings. The minimum Gasteiger partial charge on any atom is -0.339 e. The first kappa shape index (κ1) is 15.7. The molecule has 1 heterocycles. The molecule has 0 saturated carbocycles. The molecule has 1 fully saturated rings. The molecule has 0 bridgehead atoms. The lowest BCUT2D eigenvalue weighted by atomic mass is 9.97. The molecule has 1 aromatic rings. The molecule has 0 spiro atoms. The molecule has 1 aromatic carbocycles. The van der Waals surface area contributed by atoms with Gasteiger partial charge in [0.2, 0.25) is 5.91 Å². The predicted octanol–water partition coefficient (Wildman–Crippen LogP) is 2.69. The van der Waals surface area contributed by atoms with Gasteiger partial charge in [0.25, 0.3) is 0 Å². The molecular weight excluding hydrogens is 267 g/mol. The van der Waals surface area contributed by atoms with Crippen molar-refractivity contribution in [1.82, 2.24) is 10.2 Å². The molecular formula is C17H23FN2O. The van der Waals surface area contributed by atoms with Crippen molar-refractivity contribution in [2.45, 2.75) is 19.8 Å². The second-order valence-corrected chi connectivity index (χ2v) is 5.66. The molecule has 0 radical (unpaired) electrons. The van der Waals surface area contributed by atoms with Gasteiger partial charge in [-0.15, -0.1) is 0 Å². The Balaban J connectivity index is 2.06. The normalized spacial score (nSPS) is 19.7. The molecule has 4 heteroatoms. The maximum absolute atomic E-state index is 13.7. The van der Waals surface area contributed by atoms with Gasteiger partial charge in [-0.1, -0.05) is 18.2 Å². The summed E-state index contributed by atoms with van der Waals surface area (Å²) in [4.78, 5) is 14.2. The molecule has 1 N–H and O–H groups in total. The molecule has 2 rings (SSSR count). The number of hydrogen-bond donors (Lipinski definition) is 1. The first-order valence-electron chi connectivity index (χ1n) is 7.48. The number of likely N-dealkylation sites (tertiary alicyclic amines) is 1. The highest BCUT2D eigenvalue weighted by molar-refractivity contribution is 5.95. The van der Waals surface area contributed by atoms with Gasteiger partial charge >= 0.3 is 0 Å². The van der Waals surface area contributed by atoms with E-state index >= 15 is 0 Å². The van der Waals surface area contributed by atoms with Gasteiger partial charge in [0.15, 0.2) is 0 Å². The Morgan fingerprint density at radius 1 is 1.48 bits per heavy atom. The molecule has 1 aliphatic heterocycles. The highest BCUT2D eigenvalue weighted by Crippen LogP contribution is 2.20. The number of nitrogens with one attached hydrogen (secondary N) is 1. The molecule has 3 nitrogen and oxygen atoms in total. The Bertz CT molecular complexity index is 525. The Kier molecular flexibility index (Phi) is 5.51. The number of allylic oxidation sites excluding steroid dienone is 1. The van der Waals surface area contributed by atoms with Crippen molar-refractivity contribution in [3.05, 3.63) is 41.7 Å². The Morgan fingerprint density at radius 3 is 2.95 bits per heavy atom. The fraction of sp³-hybridized carbons (Fsp3) is 0.471. The van der Waals surface area contributed by atoms with Crippen LogP contribution in [0.1, 0.15) is 25.3 Å². The Morgan fingerprint density at radius 2 is 2.24 bits per heavy atom. The van der Waals surface area contributed by atoms with Crippen LogP contribution in [0.4, 0.5) is 4.39 Å². The van der Waals surface area contributed by atoms with E-state index in [-0.39, 0.29) is 11.7 Å². The minimum absolute atomic E-state index is 0.0171. The number of piperidine rings is 1. The number of carbonyl (C=O) groups is 1. The van der Waals surface area contributed by atoms with Crippen LogP contribution in [-0.4, -0.2) is 37.5 Å². The van der Waals surface area contributed by atoms with Crippen LogP contribution in [0.25, 0.3) is 5.57 Å². The van der Waals surface area contributed by atoms with Gasteiger partial charge in [-0.3, -0.25) is 4.79 Å². The highest BCUT2D eigenvalue weighted by atomic mass is 19.1. The SMILES string of the molecule is CNCC1CCCN(C(=O)/C=C(/C)c2ccccc2F)C1. The summed E-state index contributed by atoms with van der Waals surface area (Å²) in [5.41, 5.74) is 1.17. The van der Waals surface area contributed by atoms with Crippen LogP contribution in [0.2, 0.25) is 0 Å². The van der Waals surface area contributed by atoms with E-state index in [0.717, 1.165) is 32.5 Å². The molecule has 1 unspecified atom stereocenters. The van der Waals surface area contributed by atoms with Crippen molar-refractivity contribution in [2.75, 3.05) is 26.7 Å². The summed E-state index contributed by atoms with van der Waals surface area (Å²) in [6.45, 7) is 4.28. The zero-order valence-electron chi connectivity index (χ0n) is 12.7. The molecule has 114 valence electrons. The number of hydrogen-bond acceptors (Lipinski definition) is 2.